The number of nitrogens with zero attached hydrogens (tertiary/aromatic N) is 1. The van der Waals surface area contributed by atoms with Gasteiger partial charge in [-0.15, -0.1) is 0 Å². The lowest BCUT2D eigenvalue weighted by atomic mass is 9.98. The monoisotopic (exact) mass is 315 g/mol. The third-order valence-corrected chi connectivity index (χ3v) is 3.77. The van der Waals surface area contributed by atoms with E-state index in [-0.39, 0.29) is 17.4 Å². The van der Waals surface area contributed by atoms with Crippen molar-refractivity contribution < 1.29 is 14.3 Å². The van der Waals surface area contributed by atoms with Crippen LogP contribution in [-0.4, -0.2) is 28.7 Å². The summed E-state index contributed by atoms with van der Waals surface area (Å²) in [5.41, 5.74) is 0.443. The van der Waals surface area contributed by atoms with Crippen molar-refractivity contribution >= 4 is 11.7 Å². The van der Waals surface area contributed by atoms with Crippen LogP contribution >= 0.6 is 0 Å². The van der Waals surface area contributed by atoms with Gasteiger partial charge in [0.1, 0.15) is 5.60 Å². The number of rotatable bonds is 6. The minimum atomic E-state index is -0.625. The van der Waals surface area contributed by atoms with E-state index in [0.29, 0.717) is 19.5 Å². The molecule has 1 aromatic rings. The van der Waals surface area contributed by atoms with Crippen LogP contribution < -0.4 is 0 Å². The highest BCUT2D eigenvalue weighted by Crippen LogP contribution is 2.26. The quantitative estimate of drug-likeness (QED) is 0.807. The Hall–Kier alpha value is -2.10. The van der Waals surface area contributed by atoms with Gasteiger partial charge in [0.15, 0.2) is 11.5 Å². The summed E-state index contributed by atoms with van der Waals surface area (Å²) in [6.07, 6.45) is 3.57. The molecule has 0 aliphatic carbocycles. The Morgan fingerprint density at radius 3 is 2.57 bits per heavy atom. The molecule has 0 atom stereocenters. The Labute approximate surface area is 138 Å². The lowest BCUT2D eigenvalue weighted by Crippen LogP contribution is -2.39. The number of ether oxygens (including phenoxy) is 1. The number of hydrogen-bond acceptors (Lipinski definition) is 3. The van der Waals surface area contributed by atoms with Crippen LogP contribution in [0.25, 0.3) is 0 Å². The molecule has 0 radical (unpaired) electrons. The van der Waals surface area contributed by atoms with Crippen LogP contribution in [0.2, 0.25) is 0 Å². The van der Waals surface area contributed by atoms with Crippen molar-refractivity contribution in [2.75, 3.05) is 6.54 Å². The molecule has 0 saturated carbocycles. The second-order valence-corrected chi connectivity index (χ2v) is 6.58. The van der Waals surface area contributed by atoms with Crippen LogP contribution in [0.15, 0.2) is 42.2 Å². The fraction of sp³-hybridized carbons (Fsp3) is 0.474. The van der Waals surface area contributed by atoms with Crippen molar-refractivity contribution in [3.8, 4) is 0 Å². The average molecular weight is 315 g/mol. The van der Waals surface area contributed by atoms with E-state index in [1.165, 1.54) is 6.08 Å². The zero-order valence-corrected chi connectivity index (χ0v) is 14.2. The van der Waals surface area contributed by atoms with Crippen LogP contribution in [0.3, 0.4) is 0 Å². The zero-order valence-electron chi connectivity index (χ0n) is 14.2. The van der Waals surface area contributed by atoms with Crippen molar-refractivity contribution in [3.05, 3.63) is 47.7 Å². The van der Waals surface area contributed by atoms with Crippen molar-refractivity contribution in [1.29, 1.82) is 0 Å². The Kier molecular flexibility index (Phi) is 5.59. The van der Waals surface area contributed by atoms with Gasteiger partial charge in [0, 0.05) is 25.6 Å². The lowest BCUT2D eigenvalue weighted by molar-refractivity contribution is -0.138. The molecule has 0 saturated heterocycles. The summed E-state index contributed by atoms with van der Waals surface area (Å²) in [4.78, 5) is 26.4. The smallest absolute Gasteiger partial charge is 0.289 e. The van der Waals surface area contributed by atoms with Crippen molar-refractivity contribution in [2.45, 2.75) is 52.2 Å². The second-order valence-electron chi connectivity index (χ2n) is 6.58. The summed E-state index contributed by atoms with van der Waals surface area (Å²) in [5.74, 6) is -0.0959. The maximum atomic E-state index is 12.8. The first kappa shape index (κ1) is 17.3. The standard InChI is InChI=1S/C19H25NO3/c1-4-5-11-20(14-15-9-7-6-8-10-15)18(22)17-12-16(21)13-19(2,3)23-17/h6-10,12H,4-5,11,13-14H2,1-3H3. The fourth-order valence-corrected chi connectivity index (χ4v) is 2.65. The molecule has 0 spiro atoms. The lowest BCUT2D eigenvalue weighted by Gasteiger charge is -2.32. The molecule has 1 heterocycles. The summed E-state index contributed by atoms with van der Waals surface area (Å²) >= 11 is 0. The first-order valence-electron chi connectivity index (χ1n) is 8.18. The molecule has 4 heteroatoms. The number of unbranched alkanes of at least 4 members (excludes halogenated alkanes) is 1. The highest BCUT2D eigenvalue weighted by molar-refractivity contribution is 6.01. The second kappa shape index (κ2) is 7.44. The number of hydrogen-bond donors (Lipinski definition) is 0. The molecule has 124 valence electrons. The molecule has 0 fully saturated rings. The molecule has 23 heavy (non-hydrogen) atoms. The van der Waals surface area contributed by atoms with Gasteiger partial charge in [-0.25, -0.2) is 0 Å². The van der Waals surface area contributed by atoms with Crippen LogP contribution in [0.1, 0.15) is 45.6 Å². The average Bonchev–Trinajstić information content (AvgIpc) is 2.49. The molecular formula is C19H25NO3. The van der Waals surface area contributed by atoms with Gasteiger partial charge in [-0.1, -0.05) is 43.7 Å². The van der Waals surface area contributed by atoms with E-state index in [9.17, 15) is 9.59 Å². The van der Waals surface area contributed by atoms with E-state index >= 15 is 0 Å². The third kappa shape index (κ3) is 4.95. The maximum absolute atomic E-state index is 12.8. The Morgan fingerprint density at radius 2 is 1.96 bits per heavy atom. The fourth-order valence-electron chi connectivity index (χ4n) is 2.65. The van der Waals surface area contributed by atoms with E-state index < -0.39 is 5.60 Å². The predicted octanol–water partition coefficient (Wildman–Crippen LogP) is 3.47. The van der Waals surface area contributed by atoms with E-state index in [1.807, 2.05) is 44.2 Å². The topological polar surface area (TPSA) is 46.6 Å². The largest absolute Gasteiger partial charge is 0.481 e. The number of ketones is 1. The summed E-state index contributed by atoms with van der Waals surface area (Å²) in [6, 6.07) is 9.87. The van der Waals surface area contributed by atoms with Gasteiger partial charge in [-0.3, -0.25) is 9.59 Å². The molecule has 1 aliphatic heterocycles. The van der Waals surface area contributed by atoms with E-state index in [2.05, 4.69) is 6.92 Å². The van der Waals surface area contributed by atoms with Gasteiger partial charge in [0.2, 0.25) is 0 Å². The highest BCUT2D eigenvalue weighted by Gasteiger charge is 2.33. The van der Waals surface area contributed by atoms with Crippen molar-refractivity contribution in [1.82, 2.24) is 4.90 Å². The van der Waals surface area contributed by atoms with Crippen LogP contribution in [0.5, 0.6) is 0 Å². The van der Waals surface area contributed by atoms with E-state index in [4.69, 9.17) is 4.74 Å². The van der Waals surface area contributed by atoms with Crippen LogP contribution in [0, 0.1) is 0 Å². The number of benzene rings is 1. The molecule has 1 aliphatic rings. The maximum Gasteiger partial charge on any atom is 0.289 e. The van der Waals surface area contributed by atoms with E-state index in [1.54, 1.807) is 4.90 Å². The molecule has 0 aromatic heterocycles. The summed E-state index contributed by atoms with van der Waals surface area (Å²) in [5, 5.41) is 0. The van der Waals surface area contributed by atoms with Crippen LogP contribution in [0.4, 0.5) is 0 Å². The van der Waals surface area contributed by atoms with Gasteiger partial charge in [0.25, 0.3) is 5.91 Å². The first-order valence-corrected chi connectivity index (χ1v) is 8.18. The summed E-state index contributed by atoms with van der Waals surface area (Å²) < 4.78 is 5.75. The number of carbonyl (C=O) groups is 2. The highest BCUT2D eigenvalue weighted by atomic mass is 16.5. The normalized spacial score (nSPS) is 16.5. The van der Waals surface area contributed by atoms with Gasteiger partial charge >= 0.3 is 0 Å². The Bertz CT molecular complexity index is 590. The molecule has 4 nitrogen and oxygen atoms in total. The molecule has 0 unspecified atom stereocenters. The number of amides is 1. The molecule has 0 bridgehead atoms. The molecular weight excluding hydrogens is 290 g/mol. The predicted molar refractivity (Wildman–Crippen MR) is 89.6 cm³/mol. The first-order chi connectivity index (χ1) is 10.9. The van der Waals surface area contributed by atoms with Crippen LogP contribution in [-0.2, 0) is 20.9 Å². The molecule has 1 amide bonds. The van der Waals surface area contributed by atoms with Gasteiger partial charge < -0.3 is 9.64 Å². The Morgan fingerprint density at radius 1 is 1.26 bits per heavy atom. The van der Waals surface area contributed by atoms with Gasteiger partial charge in [0.05, 0.1) is 0 Å². The van der Waals surface area contributed by atoms with Crippen molar-refractivity contribution in [2.24, 2.45) is 0 Å². The molecule has 2 rings (SSSR count). The van der Waals surface area contributed by atoms with E-state index in [0.717, 1.165) is 18.4 Å². The molecule has 1 aromatic carbocycles. The third-order valence-electron chi connectivity index (χ3n) is 3.77. The number of carbonyl (C=O) groups excluding carboxylic acids is 2. The van der Waals surface area contributed by atoms with Gasteiger partial charge in [-0.2, -0.15) is 0 Å². The van der Waals surface area contributed by atoms with Gasteiger partial charge in [-0.05, 0) is 25.8 Å². The summed E-state index contributed by atoms with van der Waals surface area (Å²) in [7, 11) is 0. The zero-order chi connectivity index (χ0) is 16.9. The minimum Gasteiger partial charge on any atom is -0.481 e. The Balaban J connectivity index is 2.17. The summed E-state index contributed by atoms with van der Waals surface area (Å²) in [6.45, 7) is 6.93. The van der Waals surface area contributed by atoms with Crippen molar-refractivity contribution in [3.63, 3.8) is 0 Å². The SMILES string of the molecule is CCCCN(Cc1ccccc1)C(=O)C1=CC(=O)CC(C)(C)O1. The minimum absolute atomic E-state index is 0.0558. The number of allylic oxidation sites excluding steroid dienone is 1. The molecule has 0 N–H and O–H groups in total.